The fourth-order valence-electron chi connectivity index (χ4n) is 2.70. The number of ether oxygens (including phenoxy) is 1. The van der Waals surface area contributed by atoms with Gasteiger partial charge in [0.05, 0.1) is 24.5 Å². The Morgan fingerprint density at radius 1 is 1.44 bits per heavy atom. The zero-order valence-electron chi connectivity index (χ0n) is 14.4. The van der Waals surface area contributed by atoms with Crippen LogP contribution in [0.4, 0.5) is 0 Å². The van der Waals surface area contributed by atoms with Gasteiger partial charge in [-0.05, 0) is 38.2 Å². The van der Waals surface area contributed by atoms with Gasteiger partial charge >= 0.3 is 5.97 Å². The van der Waals surface area contributed by atoms with Crippen LogP contribution in [0.5, 0.6) is 0 Å². The van der Waals surface area contributed by atoms with Crippen LogP contribution in [0.2, 0.25) is 5.02 Å². The number of hydrogen-bond acceptors (Lipinski definition) is 5. The Morgan fingerprint density at radius 2 is 2.12 bits per heavy atom. The fourth-order valence-corrected chi connectivity index (χ4v) is 3.78. The highest BCUT2D eigenvalue weighted by Crippen LogP contribution is 2.26. The molecule has 0 spiro atoms. The van der Waals surface area contributed by atoms with Crippen LogP contribution in [0.1, 0.15) is 6.92 Å². The average molecular weight is 387 g/mol. The second kappa shape index (κ2) is 9.43. The number of benzene rings is 1. The van der Waals surface area contributed by atoms with E-state index in [0.29, 0.717) is 31.3 Å². The number of aliphatic carboxylic acids is 1. The molecule has 0 aromatic heterocycles. The molecule has 0 bridgehead atoms. The summed E-state index contributed by atoms with van der Waals surface area (Å²) in [6.07, 6.45) is -0.171. The smallest absolute Gasteiger partial charge is 0.317 e. The second-order valence-corrected chi connectivity index (χ2v) is 7.93. The summed E-state index contributed by atoms with van der Waals surface area (Å²) in [5.74, 6) is -0.812. The van der Waals surface area contributed by atoms with E-state index in [-0.39, 0.29) is 23.8 Å². The number of carbonyl (C=O) groups excluding carboxylic acids is 1. The van der Waals surface area contributed by atoms with Gasteiger partial charge in [-0.3, -0.25) is 14.5 Å². The molecule has 1 aliphatic rings. The highest BCUT2D eigenvalue weighted by atomic mass is 35.5. The number of carboxylic acids is 1. The number of halogens is 1. The molecule has 25 heavy (non-hydrogen) atoms. The first kappa shape index (κ1) is 20.0. The number of morpholine rings is 1. The lowest BCUT2D eigenvalue weighted by Crippen LogP contribution is -2.51. The van der Waals surface area contributed by atoms with Gasteiger partial charge < -0.3 is 14.7 Å². The van der Waals surface area contributed by atoms with Crippen LogP contribution in [-0.4, -0.2) is 78.0 Å². The molecule has 1 aromatic rings. The first-order valence-corrected chi connectivity index (χ1v) is 9.34. The van der Waals surface area contributed by atoms with Crippen LogP contribution in [0.15, 0.2) is 29.2 Å². The SMILES string of the molecule is CC(Sc1ccc(Cl)cc1)C(=O)N1CCOC(CN(C)CC(=O)O)C1. The van der Waals surface area contributed by atoms with Gasteiger partial charge in [0.25, 0.3) is 0 Å². The molecule has 0 saturated carbocycles. The summed E-state index contributed by atoms with van der Waals surface area (Å²) in [4.78, 5) is 27.9. The molecular formula is C17H23ClN2O4S. The van der Waals surface area contributed by atoms with Crippen molar-refractivity contribution in [1.82, 2.24) is 9.80 Å². The van der Waals surface area contributed by atoms with E-state index in [1.807, 2.05) is 31.2 Å². The Labute approximate surface area is 157 Å². The minimum Gasteiger partial charge on any atom is -0.480 e. The first-order valence-electron chi connectivity index (χ1n) is 8.08. The van der Waals surface area contributed by atoms with Crippen molar-refractivity contribution in [2.45, 2.75) is 23.2 Å². The van der Waals surface area contributed by atoms with Crippen molar-refractivity contribution in [2.75, 3.05) is 39.8 Å². The minimum absolute atomic E-state index is 0.0450. The minimum atomic E-state index is -0.876. The summed E-state index contributed by atoms with van der Waals surface area (Å²) in [6.45, 7) is 3.83. The van der Waals surface area contributed by atoms with Crippen molar-refractivity contribution >= 4 is 35.2 Å². The lowest BCUT2D eigenvalue weighted by atomic mass is 10.2. The van der Waals surface area contributed by atoms with E-state index in [1.165, 1.54) is 11.8 Å². The van der Waals surface area contributed by atoms with Crippen LogP contribution in [0.25, 0.3) is 0 Å². The maximum absolute atomic E-state index is 12.7. The Balaban J connectivity index is 1.87. The largest absolute Gasteiger partial charge is 0.480 e. The topological polar surface area (TPSA) is 70.1 Å². The number of hydrogen-bond donors (Lipinski definition) is 1. The molecular weight excluding hydrogens is 364 g/mol. The summed E-state index contributed by atoms with van der Waals surface area (Å²) in [7, 11) is 1.73. The lowest BCUT2D eigenvalue weighted by Gasteiger charge is -2.35. The van der Waals surface area contributed by atoms with Crippen molar-refractivity contribution in [1.29, 1.82) is 0 Å². The molecule has 1 aromatic carbocycles. The van der Waals surface area contributed by atoms with Crippen LogP contribution in [-0.2, 0) is 14.3 Å². The molecule has 1 aliphatic heterocycles. The molecule has 2 atom stereocenters. The highest BCUT2D eigenvalue weighted by Gasteiger charge is 2.28. The number of rotatable bonds is 7. The second-order valence-electron chi connectivity index (χ2n) is 6.08. The summed E-state index contributed by atoms with van der Waals surface area (Å²) in [5.41, 5.74) is 0. The van der Waals surface area contributed by atoms with E-state index in [2.05, 4.69) is 0 Å². The van der Waals surface area contributed by atoms with E-state index >= 15 is 0 Å². The van der Waals surface area contributed by atoms with E-state index in [9.17, 15) is 9.59 Å². The molecule has 8 heteroatoms. The van der Waals surface area contributed by atoms with E-state index in [0.717, 1.165) is 4.90 Å². The third kappa shape index (κ3) is 6.51. The van der Waals surface area contributed by atoms with Crippen molar-refractivity contribution in [3.63, 3.8) is 0 Å². The van der Waals surface area contributed by atoms with Gasteiger partial charge in [0.2, 0.25) is 5.91 Å². The summed E-state index contributed by atoms with van der Waals surface area (Å²) >= 11 is 7.38. The van der Waals surface area contributed by atoms with E-state index < -0.39 is 5.97 Å². The number of carbonyl (C=O) groups is 2. The third-order valence-corrected chi connectivity index (χ3v) is 5.20. The van der Waals surface area contributed by atoms with Crippen molar-refractivity contribution in [2.24, 2.45) is 0 Å². The number of likely N-dealkylation sites (N-methyl/N-ethyl adjacent to an activating group) is 1. The zero-order valence-corrected chi connectivity index (χ0v) is 15.9. The number of nitrogens with zero attached hydrogens (tertiary/aromatic N) is 2. The van der Waals surface area contributed by atoms with Gasteiger partial charge in [-0.1, -0.05) is 11.6 Å². The van der Waals surface area contributed by atoms with Crippen LogP contribution in [0, 0.1) is 0 Å². The molecule has 1 heterocycles. The summed E-state index contributed by atoms with van der Waals surface area (Å²) in [5, 5.41) is 9.29. The fraction of sp³-hybridized carbons (Fsp3) is 0.529. The monoisotopic (exact) mass is 386 g/mol. The Kier molecular flexibility index (Phi) is 7.56. The Morgan fingerprint density at radius 3 is 2.76 bits per heavy atom. The van der Waals surface area contributed by atoms with Gasteiger partial charge in [-0.2, -0.15) is 0 Å². The first-order chi connectivity index (χ1) is 11.8. The predicted molar refractivity (Wildman–Crippen MR) is 98.2 cm³/mol. The van der Waals surface area contributed by atoms with Crippen LogP contribution >= 0.6 is 23.4 Å². The predicted octanol–water partition coefficient (Wildman–Crippen LogP) is 2.06. The summed E-state index contributed by atoms with van der Waals surface area (Å²) in [6, 6.07) is 7.42. The number of amides is 1. The number of thioether (sulfide) groups is 1. The molecule has 138 valence electrons. The maximum Gasteiger partial charge on any atom is 0.317 e. The van der Waals surface area contributed by atoms with Gasteiger partial charge in [0.15, 0.2) is 0 Å². The van der Waals surface area contributed by atoms with E-state index in [1.54, 1.807) is 16.8 Å². The molecule has 1 saturated heterocycles. The van der Waals surface area contributed by atoms with Crippen LogP contribution < -0.4 is 0 Å². The Bertz CT molecular complexity index is 599. The van der Waals surface area contributed by atoms with Crippen molar-refractivity contribution in [3.8, 4) is 0 Å². The number of carboxylic acid groups (broad SMARTS) is 1. The van der Waals surface area contributed by atoms with Gasteiger partial charge in [-0.25, -0.2) is 0 Å². The van der Waals surface area contributed by atoms with Crippen molar-refractivity contribution in [3.05, 3.63) is 29.3 Å². The lowest BCUT2D eigenvalue weighted by molar-refractivity contribution is -0.141. The summed E-state index contributed by atoms with van der Waals surface area (Å²) < 4.78 is 5.67. The van der Waals surface area contributed by atoms with Crippen LogP contribution in [0.3, 0.4) is 0 Å². The van der Waals surface area contributed by atoms with Crippen molar-refractivity contribution < 1.29 is 19.4 Å². The molecule has 1 fully saturated rings. The maximum atomic E-state index is 12.7. The van der Waals surface area contributed by atoms with Gasteiger partial charge in [0, 0.05) is 29.6 Å². The molecule has 0 radical (unpaired) electrons. The highest BCUT2D eigenvalue weighted by molar-refractivity contribution is 8.00. The van der Waals surface area contributed by atoms with Gasteiger partial charge in [-0.15, -0.1) is 11.8 Å². The quantitative estimate of drug-likeness (QED) is 0.723. The molecule has 1 N–H and O–H groups in total. The average Bonchev–Trinajstić information content (AvgIpc) is 2.55. The van der Waals surface area contributed by atoms with Gasteiger partial charge in [0.1, 0.15) is 0 Å². The zero-order chi connectivity index (χ0) is 18.4. The molecule has 6 nitrogen and oxygen atoms in total. The van der Waals surface area contributed by atoms with E-state index in [4.69, 9.17) is 21.4 Å². The molecule has 2 unspecified atom stereocenters. The Hall–Kier alpha value is -1.28. The normalized spacial score (nSPS) is 19.0. The standard InChI is InChI=1S/C17H23ClN2O4S/c1-12(25-15-5-3-13(18)4-6-15)17(23)20-7-8-24-14(10-20)9-19(2)11-16(21)22/h3-6,12,14H,7-11H2,1-2H3,(H,21,22). The third-order valence-electron chi connectivity index (χ3n) is 3.85. The molecule has 0 aliphatic carbocycles. The molecule has 1 amide bonds. The molecule has 2 rings (SSSR count).